The van der Waals surface area contributed by atoms with Crippen LogP contribution >= 0.6 is 27.3 Å². The molecule has 5 heteroatoms. The summed E-state index contributed by atoms with van der Waals surface area (Å²) in [6, 6.07) is 12.2. The number of thiophene rings is 1. The zero-order valence-electron chi connectivity index (χ0n) is 10.7. The fourth-order valence-corrected chi connectivity index (χ4v) is 3.46. The number of benzene rings is 1. The number of aromatic nitrogens is 2. The molecule has 1 aromatic carbocycles. The van der Waals surface area contributed by atoms with Crippen LogP contribution in [0, 0.1) is 0 Å². The first-order valence-electron chi connectivity index (χ1n) is 6.31. The highest BCUT2D eigenvalue weighted by atomic mass is 79.9. The summed E-state index contributed by atoms with van der Waals surface area (Å²) in [6.45, 7) is 0. The first-order valence-corrected chi connectivity index (χ1v) is 7.98. The molecule has 2 aromatic heterocycles. The van der Waals surface area contributed by atoms with Gasteiger partial charge >= 0.3 is 0 Å². The number of halogens is 1. The Morgan fingerprint density at radius 1 is 1.30 bits per heavy atom. The molecule has 1 atom stereocenters. The van der Waals surface area contributed by atoms with Gasteiger partial charge in [0.25, 0.3) is 0 Å². The van der Waals surface area contributed by atoms with Crippen LogP contribution in [0.25, 0.3) is 10.6 Å². The number of nitrogens with zero attached hydrogens (tertiary/aromatic N) is 1. The predicted octanol–water partition coefficient (Wildman–Crippen LogP) is 4.14. The third kappa shape index (κ3) is 3.00. The van der Waals surface area contributed by atoms with Crippen LogP contribution in [0.5, 0.6) is 0 Å². The number of nitrogens with one attached hydrogen (secondary N) is 1. The highest BCUT2D eigenvalue weighted by Crippen LogP contribution is 2.29. The zero-order valence-corrected chi connectivity index (χ0v) is 13.1. The van der Waals surface area contributed by atoms with Crippen LogP contribution in [0.2, 0.25) is 0 Å². The van der Waals surface area contributed by atoms with Crippen molar-refractivity contribution in [3.8, 4) is 10.6 Å². The average molecular weight is 348 g/mol. The molecule has 1 unspecified atom stereocenters. The van der Waals surface area contributed by atoms with Gasteiger partial charge in [-0.15, -0.1) is 11.3 Å². The third-order valence-electron chi connectivity index (χ3n) is 3.08. The number of rotatable bonds is 4. The summed E-state index contributed by atoms with van der Waals surface area (Å²) < 4.78 is 1.09. The Hall–Kier alpha value is -1.43. The van der Waals surface area contributed by atoms with Gasteiger partial charge in [0.05, 0.1) is 22.8 Å². The number of nitrogens with two attached hydrogens (primary N) is 1. The SMILES string of the molecule is NC(Cc1ccccc1)c1ncc(-c2cc(Br)cs2)[nH]1. The number of hydrogen-bond donors (Lipinski definition) is 2. The van der Waals surface area contributed by atoms with Crippen molar-refractivity contribution in [1.29, 1.82) is 0 Å². The maximum atomic E-state index is 6.22. The fraction of sp³-hybridized carbons (Fsp3) is 0.133. The van der Waals surface area contributed by atoms with Crippen LogP contribution in [-0.4, -0.2) is 9.97 Å². The van der Waals surface area contributed by atoms with E-state index in [1.54, 1.807) is 11.3 Å². The number of H-pyrrole nitrogens is 1. The zero-order chi connectivity index (χ0) is 13.9. The quantitative estimate of drug-likeness (QED) is 0.744. The van der Waals surface area contributed by atoms with Gasteiger partial charge < -0.3 is 10.7 Å². The first kappa shape index (κ1) is 13.5. The van der Waals surface area contributed by atoms with E-state index in [9.17, 15) is 0 Å². The lowest BCUT2D eigenvalue weighted by Crippen LogP contribution is -2.14. The molecule has 0 radical (unpaired) electrons. The number of imidazole rings is 1. The predicted molar refractivity (Wildman–Crippen MR) is 86.7 cm³/mol. The Bertz CT molecular complexity index is 690. The second kappa shape index (κ2) is 5.91. The minimum atomic E-state index is -0.116. The lowest BCUT2D eigenvalue weighted by atomic mass is 10.1. The van der Waals surface area contributed by atoms with E-state index >= 15 is 0 Å². The largest absolute Gasteiger partial charge is 0.340 e. The van der Waals surface area contributed by atoms with Crippen molar-refractivity contribution >= 4 is 27.3 Å². The van der Waals surface area contributed by atoms with Crippen LogP contribution in [0.1, 0.15) is 17.4 Å². The molecule has 0 aliphatic carbocycles. The van der Waals surface area contributed by atoms with Gasteiger partial charge in [-0.3, -0.25) is 0 Å². The summed E-state index contributed by atoms with van der Waals surface area (Å²) in [7, 11) is 0. The third-order valence-corrected chi connectivity index (χ3v) is 4.80. The summed E-state index contributed by atoms with van der Waals surface area (Å²) in [4.78, 5) is 8.88. The summed E-state index contributed by atoms with van der Waals surface area (Å²) >= 11 is 5.13. The van der Waals surface area contributed by atoms with E-state index in [0.717, 1.165) is 27.3 Å². The maximum absolute atomic E-state index is 6.22. The van der Waals surface area contributed by atoms with Gasteiger partial charge in [0.15, 0.2) is 0 Å². The summed E-state index contributed by atoms with van der Waals surface area (Å²) in [5.41, 5.74) is 8.46. The van der Waals surface area contributed by atoms with Gasteiger partial charge in [-0.25, -0.2) is 4.98 Å². The highest BCUT2D eigenvalue weighted by molar-refractivity contribution is 9.10. The van der Waals surface area contributed by atoms with Crippen molar-refractivity contribution in [2.75, 3.05) is 0 Å². The second-order valence-corrected chi connectivity index (χ2v) is 6.43. The Morgan fingerprint density at radius 2 is 2.10 bits per heavy atom. The normalized spacial score (nSPS) is 12.5. The molecule has 3 nitrogen and oxygen atoms in total. The molecule has 3 aromatic rings. The molecule has 2 heterocycles. The molecule has 0 aliphatic rings. The minimum Gasteiger partial charge on any atom is -0.340 e. The van der Waals surface area contributed by atoms with Crippen LogP contribution in [-0.2, 0) is 6.42 Å². The molecule has 0 bridgehead atoms. The average Bonchev–Trinajstić information content (AvgIpc) is 3.08. The summed E-state index contributed by atoms with van der Waals surface area (Å²) in [5, 5.41) is 2.06. The Balaban J connectivity index is 1.76. The van der Waals surface area contributed by atoms with Crippen molar-refractivity contribution < 1.29 is 0 Å². The van der Waals surface area contributed by atoms with Gasteiger partial charge in [-0.05, 0) is 34.0 Å². The molecule has 0 saturated heterocycles. The van der Waals surface area contributed by atoms with Crippen molar-refractivity contribution in [1.82, 2.24) is 9.97 Å². The van der Waals surface area contributed by atoms with Crippen LogP contribution in [0.4, 0.5) is 0 Å². The van der Waals surface area contributed by atoms with Gasteiger partial charge in [0.1, 0.15) is 5.82 Å². The molecule has 3 N–H and O–H groups in total. The Morgan fingerprint density at radius 3 is 2.80 bits per heavy atom. The topological polar surface area (TPSA) is 54.7 Å². The monoisotopic (exact) mass is 347 g/mol. The maximum Gasteiger partial charge on any atom is 0.123 e. The van der Waals surface area contributed by atoms with Crippen LogP contribution in [0.15, 0.2) is 52.4 Å². The van der Waals surface area contributed by atoms with E-state index in [2.05, 4.69) is 49.5 Å². The summed E-state index contributed by atoms with van der Waals surface area (Å²) in [6.07, 6.45) is 2.63. The van der Waals surface area contributed by atoms with Crippen molar-refractivity contribution in [3.05, 3.63) is 63.8 Å². The smallest absolute Gasteiger partial charge is 0.123 e. The minimum absolute atomic E-state index is 0.116. The molecule has 0 amide bonds. The van der Waals surface area contributed by atoms with Crippen molar-refractivity contribution in [3.63, 3.8) is 0 Å². The lowest BCUT2D eigenvalue weighted by Gasteiger charge is -2.08. The highest BCUT2D eigenvalue weighted by Gasteiger charge is 2.12. The number of aromatic amines is 1. The number of hydrogen-bond acceptors (Lipinski definition) is 3. The Labute approximate surface area is 130 Å². The molecule has 0 saturated carbocycles. The molecule has 20 heavy (non-hydrogen) atoms. The Kier molecular flexibility index (Phi) is 4.00. The van der Waals surface area contributed by atoms with E-state index in [0.29, 0.717) is 0 Å². The van der Waals surface area contributed by atoms with Crippen LogP contribution in [0.3, 0.4) is 0 Å². The van der Waals surface area contributed by atoms with E-state index in [4.69, 9.17) is 5.73 Å². The van der Waals surface area contributed by atoms with Gasteiger partial charge in [0.2, 0.25) is 0 Å². The molecule has 0 aliphatic heterocycles. The summed E-state index contributed by atoms with van der Waals surface area (Å²) in [5.74, 6) is 0.827. The van der Waals surface area contributed by atoms with Gasteiger partial charge in [-0.1, -0.05) is 30.3 Å². The lowest BCUT2D eigenvalue weighted by molar-refractivity contribution is 0.678. The van der Waals surface area contributed by atoms with Crippen LogP contribution < -0.4 is 5.73 Å². The molecular weight excluding hydrogens is 334 g/mol. The van der Waals surface area contributed by atoms with E-state index < -0.39 is 0 Å². The van der Waals surface area contributed by atoms with Gasteiger partial charge in [0, 0.05) is 9.85 Å². The fourth-order valence-electron chi connectivity index (χ4n) is 2.07. The van der Waals surface area contributed by atoms with E-state index in [-0.39, 0.29) is 6.04 Å². The molecule has 0 fully saturated rings. The van der Waals surface area contributed by atoms with E-state index in [1.807, 2.05) is 24.4 Å². The molecule has 3 rings (SSSR count). The molecular formula is C15H14BrN3S. The van der Waals surface area contributed by atoms with Crippen molar-refractivity contribution in [2.45, 2.75) is 12.5 Å². The first-order chi connectivity index (χ1) is 9.72. The van der Waals surface area contributed by atoms with Crippen molar-refractivity contribution in [2.24, 2.45) is 5.73 Å². The van der Waals surface area contributed by atoms with E-state index in [1.165, 1.54) is 5.56 Å². The standard InChI is InChI=1S/C15H14BrN3S/c16-11-7-14(20-9-11)13-8-18-15(19-13)12(17)6-10-4-2-1-3-5-10/h1-5,7-9,12H,6,17H2,(H,18,19). The molecule has 0 spiro atoms. The van der Waals surface area contributed by atoms with Gasteiger partial charge in [-0.2, -0.15) is 0 Å². The second-order valence-electron chi connectivity index (χ2n) is 4.61. The molecule has 102 valence electrons.